The van der Waals surface area contributed by atoms with Crippen LogP contribution in [0.5, 0.6) is 0 Å². The van der Waals surface area contributed by atoms with Crippen LogP contribution in [0.25, 0.3) is 0 Å². The van der Waals surface area contributed by atoms with Crippen molar-refractivity contribution < 1.29 is 13.3 Å². The first-order valence-corrected chi connectivity index (χ1v) is 9.76. The summed E-state index contributed by atoms with van der Waals surface area (Å²) in [6.45, 7) is 8.02. The van der Waals surface area contributed by atoms with E-state index < -0.39 is 8.80 Å². The molecule has 0 amide bonds. The maximum Gasteiger partial charge on any atom is 0.500 e. The van der Waals surface area contributed by atoms with E-state index in [0.29, 0.717) is 25.9 Å². The molecule has 0 aromatic carbocycles. The Balaban J connectivity index is 2.50. The van der Waals surface area contributed by atoms with Crippen LogP contribution < -0.4 is 5.73 Å². The van der Waals surface area contributed by atoms with Gasteiger partial charge in [0.1, 0.15) is 0 Å². The lowest BCUT2D eigenvalue weighted by Gasteiger charge is -2.32. The second kappa shape index (κ2) is 9.08. The number of hydrogen-bond acceptors (Lipinski definition) is 4. The smallest absolute Gasteiger partial charge is 0.374 e. The average Bonchev–Trinajstić information content (AvgIpc) is 2.38. The van der Waals surface area contributed by atoms with Crippen molar-refractivity contribution >= 4 is 8.80 Å². The highest BCUT2D eigenvalue weighted by molar-refractivity contribution is 6.60. The fraction of sp³-hybridized carbons (Fsp3) is 1.00. The summed E-state index contributed by atoms with van der Waals surface area (Å²) in [5, 5.41) is 0. The first kappa shape index (κ1) is 17.1. The van der Waals surface area contributed by atoms with Gasteiger partial charge in [0.05, 0.1) is 0 Å². The normalized spacial score (nSPS) is 24.6. The summed E-state index contributed by atoms with van der Waals surface area (Å²) >= 11 is 0. The zero-order valence-electron chi connectivity index (χ0n) is 12.8. The second-order valence-corrected chi connectivity index (χ2v) is 8.05. The van der Waals surface area contributed by atoms with E-state index in [2.05, 4.69) is 0 Å². The highest BCUT2D eigenvalue weighted by atomic mass is 28.4. The van der Waals surface area contributed by atoms with Crippen molar-refractivity contribution in [2.75, 3.05) is 19.8 Å². The highest BCUT2D eigenvalue weighted by Gasteiger charge is 2.40. The molecule has 0 heterocycles. The van der Waals surface area contributed by atoms with Gasteiger partial charge in [0.2, 0.25) is 0 Å². The van der Waals surface area contributed by atoms with Crippen LogP contribution in [-0.2, 0) is 13.3 Å². The molecule has 0 aromatic rings. The zero-order valence-corrected chi connectivity index (χ0v) is 13.8. The summed E-state index contributed by atoms with van der Waals surface area (Å²) in [4.78, 5) is 0. The third-order valence-corrected chi connectivity index (χ3v) is 6.86. The molecule has 1 aliphatic carbocycles. The molecule has 2 atom stereocenters. The van der Waals surface area contributed by atoms with Crippen molar-refractivity contribution in [2.24, 2.45) is 11.7 Å². The Morgan fingerprint density at radius 3 is 2.05 bits per heavy atom. The Bertz CT molecular complexity index is 224. The molecule has 1 rings (SSSR count). The van der Waals surface area contributed by atoms with Gasteiger partial charge in [-0.1, -0.05) is 12.8 Å². The maximum atomic E-state index is 6.06. The van der Waals surface area contributed by atoms with Crippen molar-refractivity contribution in [1.29, 1.82) is 0 Å². The minimum Gasteiger partial charge on any atom is -0.374 e. The average molecular weight is 289 g/mol. The Hall–Kier alpha value is 0.0569. The lowest BCUT2D eigenvalue weighted by atomic mass is 9.85. The molecular weight excluding hydrogens is 258 g/mol. The van der Waals surface area contributed by atoms with E-state index in [0.717, 1.165) is 24.8 Å². The Morgan fingerprint density at radius 1 is 1.00 bits per heavy atom. The van der Waals surface area contributed by atoms with Crippen LogP contribution in [-0.4, -0.2) is 34.7 Å². The van der Waals surface area contributed by atoms with E-state index >= 15 is 0 Å². The largest absolute Gasteiger partial charge is 0.500 e. The third-order valence-electron chi connectivity index (χ3n) is 3.77. The molecule has 0 aliphatic heterocycles. The standard InChI is InChI=1S/C14H31NO3Si/c1-4-16-19(17-5-2,18-6-3)11-10-13-8-7-9-14(15)12-13/h13-14H,4-12,15H2,1-3H3. The molecular formula is C14H31NO3Si. The molecule has 0 bridgehead atoms. The summed E-state index contributed by atoms with van der Waals surface area (Å²) < 4.78 is 17.7. The van der Waals surface area contributed by atoms with Crippen molar-refractivity contribution in [3.63, 3.8) is 0 Å². The van der Waals surface area contributed by atoms with Gasteiger partial charge in [0.15, 0.2) is 0 Å². The van der Waals surface area contributed by atoms with Gasteiger partial charge >= 0.3 is 8.80 Å². The van der Waals surface area contributed by atoms with E-state index in [-0.39, 0.29) is 0 Å². The predicted molar refractivity (Wildman–Crippen MR) is 80.0 cm³/mol. The third kappa shape index (κ3) is 5.91. The van der Waals surface area contributed by atoms with Crippen LogP contribution in [0.3, 0.4) is 0 Å². The van der Waals surface area contributed by atoms with Crippen LogP contribution in [0.15, 0.2) is 0 Å². The van der Waals surface area contributed by atoms with Crippen molar-refractivity contribution in [3.05, 3.63) is 0 Å². The molecule has 5 heteroatoms. The lowest BCUT2D eigenvalue weighted by molar-refractivity contribution is 0.0688. The Labute approximate surface area is 119 Å². The quantitative estimate of drug-likeness (QED) is 0.663. The van der Waals surface area contributed by atoms with E-state index in [1.165, 1.54) is 19.3 Å². The first-order chi connectivity index (χ1) is 9.15. The van der Waals surface area contributed by atoms with Crippen LogP contribution in [0.2, 0.25) is 6.04 Å². The Kier molecular flexibility index (Phi) is 8.17. The molecule has 0 radical (unpaired) electrons. The van der Waals surface area contributed by atoms with Gasteiger partial charge in [0.25, 0.3) is 0 Å². The lowest BCUT2D eigenvalue weighted by Crippen LogP contribution is -2.46. The molecule has 2 unspecified atom stereocenters. The fourth-order valence-corrected chi connectivity index (χ4v) is 5.74. The van der Waals surface area contributed by atoms with Gasteiger partial charge < -0.3 is 19.0 Å². The van der Waals surface area contributed by atoms with E-state index in [4.69, 9.17) is 19.0 Å². The predicted octanol–water partition coefficient (Wildman–Crippen LogP) is 2.94. The van der Waals surface area contributed by atoms with Gasteiger partial charge in [-0.3, -0.25) is 0 Å². The summed E-state index contributed by atoms with van der Waals surface area (Å²) in [6, 6.07) is 1.32. The summed E-state index contributed by atoms with van der Waals surface area (Å²) in [5.74, 6) is 0.719. The minimum atomic E-state index is -2.44. The Morgan fingerprint density at radius 2 is 1.58 bits per heavy atom. The molecule has 1 fully saturated rings. The topological polar surface area (TPSA) is 53.7 Å². The number of rotatable bonds is 9. The van der Waals surface area contributed by atoms with Gasteiger partial charge in [-0.25, -0.2) is 0 Å². The van der Waals surface area contributed by atoms with Gasteiger partial charge in [-0.15, -0.1) is 0 Å². The van der Waals surface area contributed by atoms with E-state index in [1.807, 2.05) is 20.8 Å². The monoisotopic (exact) mass is 289 g/mol. The summed E-state index contributed by atoms with van der Waals surface area (Å²) in [7, 11) is -2.44. The number of nitrogens with two attached hydrogens (primary N) is 1. The van der Waals surface area contributed by atoms with Crippen LogP contribution in [0.1, 0.15) is 52.9 Å². The first-order valence-electron chi connectivity index (χ1n) is 7.83. The summed E-state index contributed by atoms with van der Waals surface area (Å²) in [5.41, 5.74) is 6.06. The molecule has 1 aliphatic rings. The van der Waals surface area contributed by atoms with E-state index in [9.17, 15) is 0 Å². The van der Waals surface area contributed by atoms with Crippen molar-refractivity contribution in [1.82, 2.24) is 0 Å². The molecule has 0 spiro atoms. The molecule has 19 heavy (non-hydrogen) atoms. The molecule has 114 valence electrons. The zero-order chi connectivity index (χ0) is 14.1. The van der Waals surface area contributed by atoms with Crippen LogP contribution >= 0.6 is 0 Å². The van der Waals surface area contributed by atoms with Crippen LogP contribution in [0.4, 0.5) is 0 Å². The van der Waals surface area contributed by atoms with E-state index in [1.54, 1.807) is 0 Å². The van der Waals surface area contributed by atoms with Gasteiger partial charge in [0, 0.05) is 31.9 Å². The number of hydrogen-bond donors (Lipinski definition) is 1. The van der Waals surface area contributed by atoms with Crippen molar-refractivity contribution in [3.8, 4) is 0 Å². The molecule has 0 aromatic heterocycles. The summed E-state index contributed by atoms with van der Waals surface area (Å²) in [6.07, 6.45) is 6.01. The highest BCUT2D eigenvalue weighted by Crippen LogP contribution is 2.30. The SMILES string of the molecule is CCO[Si](CCC1CCCC(N)C1)(OCC)OCC. The van der Waals surface area contributed by atoms with Crippen LogP contribution in [0, 0.1) is 5.92 Å². The minimum absolute atomic E-state index is 0.390. The molecule has 2 N–H and O–H groups in total. The van der Waals surface area contributed by atoms with Crippen molar-refractivity contribution in [2.45, 2.75) is 65.0 Å². The molecule has 4 nitrogen and oxygen atoms in total. The van der Waals surface area contributed by atoms with Gasteiger partial charge in [-0.05, 0) is 46.0 Å². The molecule has 0 saturated heterocycles. The second-order valence-electron chi connectivity index (χ2n) is 5.31. The fourth-order valence-electron chi connectivity index (χ4n) is 2.98. The molecule has 1 saturated carbocycles. The maximum absolute atomic E-state index is 6.06. The van der Waals surface area contributed by atoms with Gasteiger partial charge in [-0.2, -0.15) is 0 Å².